The van der Waals surface area contributed by atoms with E-state index in [1.807, 2.05) is 4.90 Å². The monoisotopic (exact) mass is 373 g/mol. The van der Waals surface area contributed by atoms with E-state index in [4.69, 9.17) is 14.7 Å². The zero-order valence-corrected chi connectivity index (χ0v) is 16.6. The van der Waals surface area contributed by atoms with Crippen LogP contribution < -0.4 is 4.90 Å². The first-order valence-electron chi connectivity index (χ1n) is 10.3. The molecule has 27 heavy (non-hydrogen) atoms. The number of amides is 1. The first-order chi connectivity index (χ1) is 13.1. The summed E-state index contributed by atoms with van der Waals surface area (Å²) in [4.78, 5) is 28.7. The number of hydrogen-bond acceptors (Lipinski definition) is 6. The molecule has 7 nitrogen and oxygen atoms in total. The smallest absolute Gasteiger partial charge is 0.219 e. The second kappa shape index (κ2) is 8.10. The van der Waals surface area contributed by atoms with Crippen molar-refractivity contribution in [1.82, 2.24) is 19.8 Å². The third-order valence-corrected chi connectivity index (χ3v) is 6.01. The van der Waals surface area contributed by atoms with Crippen molar-refractivity contribution >= 4 is 11.7 Å². The SMILES string of the molecule is CC(=O)N1CCc2nc(C3CCCN(C)C3)nc(N3CCCOCC3)c2C1. The Morgan fingerprint density at radius 1 is 1.11 bits per heavy atom. The van der Waals surface area contributed by atoms with Gasteiger partial charge >= 0.3 is 0 Å². The van der Waals surface area contributed by atoms with Gasteiger partial charge in [-0.25, -0.2) is 9.97 Å². The van der Waals surface area contributed by atoms with Crippen LogP contribution in [0.1, 0.15) is 49.2 Å². The van der Waals surface area contributed by atoms with Crippen LogP contribution in [0, 0.1) is 0 Å². The maximum absolute atomic E-state index is 11.9. The van der Waals surface area contributed by atoms with Crippen molar-refractivity contribution in [3.05, 3.63) is 17.1 Å². The molecule has 1 aromatic rings. The van der Waals surface area contributed by atoms with Crippen LogP contribution in [0.4, 0.5) is 5.82 Å². The van der Waals surface area contributed by atoms with E-state index in [9.17, 15) is 4.79 Å². The van der Waals surface area contributed by atoms with Gasteiger partial charge in [0.1, 0.15) is 11.6 Å². The number of likely N-dealkylation sites (tertiary alicyclic amines) is 1. The van der Waals surface area contributed by atoms with Gasteiger partial charge in [0.15, 0.2) is 0 Å². The highest BCUT2D eigenvalue weighted by molar-refractivity contribution is 5.74. The van der Waals surface area contributed by atoms with E-state index < -0.39 is 0 Å². The molecule has 4 heterocycles. The zero-order valence-electron chi connectivity index (χ0n) is 16.6. The Balaban J connectivity index is 1.71. The molecule has 148 valence electrons. The quantitative estimate of drug-likeness (QED) is 0.781. The van der Waals surface area contributed by atoms with Crippen LogP contribution in [0.5, 0.6) is 0 Å². The molecule has 0 aromatic carbocycles. The number of anilines is 1. The topological polar surface area (TPSA) is 61.8 Å². The van der Waals surface area contributed by atoms with Crippen molar-refractivity contribution in [2.24, 2.45) is 0 Å². The summed E-state index contributed by atoms with van der Waals surface area (Å²) < 4.78 is 5.65. The first-order valence-corrected chi connectivity index (χ1v) is 10.3. The summed E-state index contributed by atoms with van der Waals surface area (Å²) in [7, 11) is 2.18. The molecule has 4 rings (SSSR count). The molecule has 0 N–H and O–H groups in total. The minimum Gasteiger partial charge on any atom is -0.380 e. The lowest BCUT2D eigenvalue weighted by Crippen LogP contribution is -2.38. The second-order valence-electron chi connectivity index (χ2n) is 8.08. The van der Waals surface area contributed by atoms with Gasteiger partial charge in [-0.05, 0) is 32.9 Å². The fourth-order valence-corrected chi connectivity index (χ4v) is 4.46. The molecule has 0 aliphatic carbocycles. The Labute approximate surface area is 161 Å². The van der Waals surface area contributed by atoms with Crippen LogP contribution in [0.15, 0.2) is 0 Å². The van der Waals surface area contributed by atoms with Crippen LogP contribution in [-0.4, -0.2) is 78.7 Å². The van der Waals surface area contributed by atoms with E-state index in [2.05, 4.69) is 16.8 Å². The summed E-state index contributed by atoms with van der Waals surface area (Å²) in [5, 5.41) is 0. The third kappa shape index (κ3) is 4.09. The van der Waals surface area contributed by atoms with Gasteiger partial charge in [0.05, 0.1) is 18.8 Å². The molecule has 1 aromatic heterocycles. The lowest BCUT2D eigenvalue weighted by atomic mass is 9.96. The summed E-state index contributed by atoms with van der Waals surface area (Å²) in [6, 6.07) is 0. The van der Waals surface area contributed by atoms with Gasteiger partial charge in [-0.1, -0.05) is 0 Å². The van der Waals surface area contributed by atoms with Gasteiger partial charge < -0.3 is 19.4 Å². The Bertz CT molecular complexity index is 687. The molecule has 2 saturated heterocycles. The molecule has 0 radical (unpaired) electrons. The molecule has 0 saturated carbocycles. The van der Waals surface area contributed by atoms with Crippen molar-refractivity contribution in [3.8, 4) is 0 Å². The average molecular weight is 374 g/mol. The van der Waals surface area contributed by atoms with E-state index in [1.165, 1.54) is 6.42 Å². The Kier molecular flexibility index (Phi) is 5.59. The average Bonchev–Trinajstić information content (AvgIpc) is 2.96. The Morgan fingerprint density at radius 2 is 2.00 bits per heavy atom. The summed E-state index contributed by atoms with van der Waals surface area (Å²) in [6.45, 7) is 8.57. The third-order valence-electron chi connectivity index (χ3n) is 6.01. The van der Waals surface area contributed by atoms with Crippen LogP contribution in [-0.2, 0) is 22.5 Å². The highest BCUT2D eigenvalue weighted by Gasteiger charge is 2.29. The summed E-state index contributed by atoms with van der Waals surface area (Å²) in [5.74, 6) is 2.57. The zero-order chi connectivity index (χ0) is 18.8. The molecule has 3 aliphatic heterocycles. The number of carbonyl (C=O) groups is 1. The molecule has 7 heteroatoms. The minimum atomic E-state index is 0.129. The van der Waals surface area contributed by atoms with Gasteiger partial charge in [0.2, 0.25) is 5.91 Å². The molecular formula is C20H31N5O2. The van der Waals surface area contributed by atoms with Crippen molar-refractivity contribution in [2.75, 3.05) is 57.9 Å². The molecular weight excluding hydrogens is 342 g/mol. The predicted molar refractivity (Wildman–Crippen MR) is 104 cm³/mol. The van der Waals surface area contributed by atoms with E-state index >= 15 is 0 Å². The van der Waals surface area contributed by atoms with Crippen molar-refractivity contribution in [1.29, 1.82) is 0 Å². The lowest BCUT2D eigenvalue weighted by Gasteiger charge is -2.34. The van der Waals surface area contributed by atoms with Crippen LogP contribution in [0.3, 0.4) is 0 Å². The molecule has 1 atom stereocenters. The predicted octanol–water partition coefficient (Wildman–Crippen LogP) is 1.42. The van der Waals surface area contributed by atoms with E-state index in [0.717, 1.165) is 88.1 Å². The van der Waals surface area contributed by atoms with Gasteiger partial charge in [0.25, 0.3) is 0 Å². The van der Waals surface area contributed by atoms with E-state index in [0.29, 0.717) is 12.5 Å². The Morgan fingerprint density at radius 3 is 2.81 bits per heavy atom. The molecule has 3 aliphatic rings. The maximum Gasteiger partial charge on any atom is 0.219 e. The van der Waals surface area contributed by atoms with Crippen molar-refractivity contribution in [3.63, 3.8) is 0 Å². The van der Waals surface area contributed by atoms with Crippen LogP contribution in [0.25, 0.3) is 0 Å². The van der Waals surface area contributed by atoms with Crippen molar-refractivity contribution < 1.29 is 9.53 Å². The van der Waals surface area contributed by atoms with Gasteiger partial charge in [-0.2, -0.15) is 0 Å². The first kappa shape index (κ1) is 18.6. The van der Waals surface area contributed by atoms with Gasteiger partial charge in [-0.3, -0.25) is 4.79 Å². The minimum absolute atomic E-state index is 0.129. The molecule has 1 amide bonds. The molecule has 2 fully saturated rings. The number of ether oxygens (including phenoxy) is 1. The summed E-state index contributed by atoms with van der Waals surface area (Å²) in [6.07, 6.45) is 4.19. The lowest BCUT2D eigenvalue weighted by molar-refractivity contribution is -0.129. The number of nitrogens with zero attached hydrogens (tertiary/aromatic N) is 5. The number of hydrogen-bond donors (Lipinski definition) is 0. The van der Waals surface area contributed by atoms with Crippen LogP contribution >= 0.6 is 0 Å². The fraction of sp³-hybridized carbons (Fsp3) is 0.750. The molecule has 0 bridgehead atoms. The van der Waals surface area contributed by atoms with Gasteiger partial charge in [-0.15, -0.1) is 0 Å². The molecule has 0 spiro atoms. The summed E-state index contributed by atoms with van der Waals surface area (Å²) in [5.41, 5.74) is 2.29. The number of rotatable bonds is 2. The Hall–Kier alpha value is -1.73. The van der Waals surface area contributed by atoms with Crippen LogP contribution in [0.2, 0.25) is 0 Å². The number of aromatic nitrogens is 2. The number of fused-ring (bicyclic) bond motifs is 1. The number of carbonyl (C=O) groups excluding carboxylic acids is 1. The maximum atomic E-state index is 11.9. The standard InChI is InChI=1S/C20H31N5O2/c1-15(26)25-9-6-18-17(14-25)20(24-8-4-11-27-12-10-24)22-19(21-18)16-5-3-7-23(2)13-16/h16H,3-14H2,1-2H3. The molecule has 1 unspecified atom stereocenters. The highest BCUT2D eigenvalue weighted by atomic mass is 16.5. The largest absolute Gasteiger partial charge is 0.380 e. The van der Waals surface area contributed by atoms with Crippen molar-refractivity contribution in [2.45, 2.75) is 45.1 Å². The fourth-order valence-electron chi connectivity index (χ4n) is 4.46. The second-order valence-corrected chi connectivity index (χ2v) is 8.08. The normalized spacial score (nSPS) is 24.4. The van der Waals surface area contributed by atoms with Gasteiger partial charge in [0, 0.05) is 57.6 Å². The number of likely N-dealkylation sites (N-methyl/N-ethyl adjacent to an activating group) is 1. The highest BCUT2D eigenvalue weighted by Crippen LogP contribution is 2.31. The number of piperidine rings is 1. The summed E-state index contributed by atoms with van der Waals surface area (Å²) >= 11 is 0. The van der Waals surface area contributed by atoms with E-state index in [-0.39, 0.29) is 5.91 Å². The van der Waals surface area contributed by atoms with E-state index in [1.54, 1.807) is 6.92 Å².